The molecule has 0 heterocycles. The molecule has 0 aromatic heterocycles. The number of benzene rings is 1. The maximum atomic E-state index is 10.9. The van der Waals surface area contributed by atoms with Crippen molar-refractivity contribution in [3.05, 3.63) is 29.8 Å². The summed E-state index contributed by atoms with van der Waals surface area (Å²) in [6.07, 6.45) is 1.75. The fourth-order valence-electron chi connectivity index (χ4n) is 1.02. The number of ether oxygens (including phenoxy) is 1. The third-order valence-corrected chi connectivity index (χ3v) is 1.81. The van der Waals surface area contributed by atoms with E-state index in [1.165, 1.54) is 0 Å². The molecule has 15 heavy (non-hydrogen) atoms. The smallest absolute Gasteiger partial charge is 0.236 e. The Balaban J connectivity index is 2.29. The molecule has 0 saturated heterocycles. The molecule has 1 aromatic carbocycles. The van der Waals surface area contributed by atoms with Crippen LogP contribution in [0.2, 0.25) is 0 Å². The quantitative estimate of drug-likeness (QED) is 0.595. The number of nitrogens with zero attached hydrogens (tertiary/aromatic N) is 1. The van der Waals surface area contributed by atoms with Gasteiger partial charge in [0.05, 0.1) is 13.0 Å². The van der Waals surface area contributed by atoms with E-state index in [0.717, 1.165) is 11.3 Å². The van der Waals surface area contributed by atoms with E-state index in [-0.39, 0.29) is 18.9 Å². The van der Waals surface area contributed by atoms with Crippen LogP contribution in [0.4, 0.5) is 0 Å². The van der Waals surface area contributed by atoms with Gasteiger partial charge in [0.15, 0.2) is 6.19 Å². The second kappa shape index (κ2) is 5.66. The zero-order valence-electron chi connectivity index (χ0n) is 8.49. The fourth-order valence-corrected chi connectivity index (χ4v) is 1.02. The SMILES string of the molecule is Cc1ccc(OCCC(=O)NC#N)cc1. The summed E-state index contributed by atoms with van der Waals surface area (Å²) in [5.41, 5.74) is 1.16. The van der Waals surface area contributed by atoms with Gasteiger partial charge in [0.25, 0.3) is 0 Å². The Hall–Kier alpha value is -2.02. The van der Waals surface area contributed by atoms with Gasteiger partial charge in [0.2, 0.25) is 5.91 Å². The summed E-state index contributed by atoms with van der Waals surface area (Å²) in [5.74, 6) is 0.398. The zero-order chi connectivity index (χ0) is 11.1. The highest BCUT2D eigenvalue weighted by Gasteiger charge is 2.00. The van der Waals surface area contributed by atoms with Crippen LogP contribution >= 0.6 is 0 Å². The van der Waals surface area contributed by atoms with E-state index < -0.39 is 0 Å². The van der Waals surface area contributed by atoms with Crippen molar-refractivity contribution < 1.29 is 9.53 Å². The van der Waals surface area contributed by atoms with Gasteiger partial charge in [-0.2, -0.15) is 5.26 Å². The molecule has 4 heteroatoms. The van der Waals surface area contributed by atoms with Crippen molar-refractivity contribution in [3.63, 3.8) is 0 Å². The molecule has 0 spiro atoms. The number of hydrogen-bond acceptors (Lipinski definition) is 3. The Bertz CT molecular complexity index is 365. The average molecular weight is 204 g/mol. The molecule has 1 rings (SSSR count). The Morgan fingerprint density at radius 3 is 2.73 bits per heavy atom. The molecule has 0 atom stereocenters. The van der Waals surface area contributed by atoms with Crippen molar-refractivity contribution in [1.82, 2.24) is 5.32 Å². The van der Waals surface area contributed by atoms with Crippen LogP contribution in [-0.2, 0) is 4.79 Å². The lowest BCUT2D eigenvalue weighted by atomic mass is 10.2. The van der Waals surface area contributed by atoms with E-state index >= 15 is 0 Å². The lowest BCUT2D eigenvalue weighted by Gasteiger charge is -2.04. The van der Waals surface area contributed by atoms with E-state index in [4.69, 9.17) is 10.00 Å². The van der Waals surface area contributed by atoms with Gasteiger partial charge in [-0.3, -0.25) is 10.1 Å². The van der Waals surface area contributed by atoms with Crippen molar-refractivity contribution in [3.8, 4) is 11.9 Å². The second-order valence-electron chi connectivity index (χ2n) is 3.07. The minimum atomic E-state index is -0.329. The molecular formula is C11H12N2O2. The molecule has 0 aliphatic heterocycles. The second-order valence-corrected chi connectivity index (χ2v) is 3.07. The van der Waals surface area contributed by atoms with E-state index in [0.29, 0.717) is 0 Å². The first-order valence-electron chi connectivity index (χ1n) is 4.60. The molecule has 4 nitrogen and oxygen atoms in total. The largest absolute Gasteiger partial charge is 0.493 e. The molecule has 0 aliphatic carbocycles. The monoisotopic (exact) mass is 204 g/mol. The van der Waals surface area contributed by atoms with Crippen LogP contribution < -0.4 is 10.1 Å². The Kier molecular flexibility index (Phi) is 4.17. The number of hydrogen-bond donors (Lipinski definition) is 1. The third-order valence-electron chi connectivity index (χ3n) is 1.81. The molecular weight excluding hydrogens is 192 g/mol. The maximum Gasteiger partial charge on any atom is 0.236 e. The lowest BCUT2D eigenvalue weighted by molar-refractivity contribution is -0.120. The van der Waals surface area contributed by atoms with E-state index in [1.54, 1.807) is 6.19 Å². The number of carbonyl (C=O) groups excluding carboxylic acids is 1. The molecule has 1 amide bonds. The summed E-state index contributed by atoms with van der Waals surface area (Å²) in [6, 6.07) is 7.56. The van der Waals surface area contributed by atoms with E-state index in [2.05, 4.69) is 0 Å². The minimum Gasteiger partial charge on any atom is -0.493 e. The molecule has 78 valence electrons. The van der Waals surface area contributed by atoms with E-state index in [1.807, 2.05) is 36.5 Å². The number of carbonyl (C=O) groups is 1. The van der Waals surface area contributed by atoms with Gasteiger partial charge in [-0.15, -0.1) is 0 Å². The summed E-state index contributed by atoms with van der Waals surface area (Å²) < 4.78 is 5.31. The number of rotatable bonds is 4. The van der Waals surface area contributed by atoms with Gasteiger partial charge >= 0.3 is 0 Å². The van der Waals surface area contributed by atoms with Crippen LogP contribution in [0.25, 0.3) is 0 Å². The standard InChI is InChI=1S/C11H12N2O2/c1-9-2-4-10(5-3-9)15-7-6-11(14)13-8-12/h2-5H,6-7H2,1H3,(H,13,14). The van der Waals surface area contributed by atoms with Crippen LogP contribution in [-0.4, -0.2) is 12.5 Å². The first-order chi connectivity index (χ1) is 7.22. The highest BCUT2D eigenvalue weighted by Crippen LogP contribution is 2.11. The van der Waals surface area contributed by atoms with Crippen molar-refractivity contribution in [1.29, 1.82) is 5.26 Å². The highest BCUT2D eigenvalue weighted by atomic mass is 16.5. The van der Waals surface area contributed by atoms with Crippen LogP contribution in [0.15, 0.2) is 24.3 Å². The van der Waals surface area contributed by atoms with Crippen molar-refractivity contribution in [2.75, 3.05) is 6.61 Å². The molecule has 0 radical (unpaired) electrons. The Morgan fingerprint density at radius 1 is 1.47 bits per heavy atom. The van der Waals surface area contributed by atoms with E-state index in [9.17, 15) is 4.79 Å². The summed E-state index contributed by atoms with van der Waals surface area (Å²) in [4.78, 5) is 10.9. The van der Waals surface area contributed by atoms with Crippen LogP contribution in [0.1, 0.15) is 12.0 Å². The summed E-state index contributed by atoms with van der Waals surface area (Å²) in [7, 11) is 0. The van der Waals surface area contributed by atoms with Crippen molar-refractivity contribution >= 4 is 5.91 Å². The summed E-state index contributed by atoms with van der Waals surface area (Å²) >= 11 is 0. The number of aryl methyl sites for hydroxylation is 1. The summed E-state index contributed by atoms with van der Waals surface area (Å²) in [6.45, 7) is 2.26. The molecule has 0 bridgehead atoms. The minimum absolute atomic E-state index is 0.182. The first-order valence-corrected chi connectivity index (χ1v) is 4.60. The molecule has 0 fully saturated rings. The van der Waals surface area contributed by atoms with Gasteiger partial charge in [0, 0.05) is 0 Å². The predicted octanol–water partition coefficient (Wildman–Crippen LogP) is 1.36. The van der Waals surface area contributed by atoms with Crippen LogP contribution in [0.5, 0.6) is 5.75 Å². The molecule has 0 unspecified atom stereocenters. The average Bonchev–Trinajstić information content (AvgIpc) is 2.21. The number of amides is 1. The van der Waals surface area contributed by atoms with Crippen molar-refractivity contribution in [2.24, 2.45) is 0 Å². The number of nitrogens with one attached hydrogen (secondary N) is 1. The maximum absolute atomic E-state index is 10.9. The fraction of sp³-hybridized carbons (Fsp3) is 0.273. The van der Waals surface area contributed by atoms with Gasteiger partial charge in [-0.1, -0.05) is 17.7 Å². The molecule has 0 aliphatic rings. The lowest BCUT2D eigenvalue weighted by Crippen LogP contribution is -2.19. The number of nitriles is 1. The Morgan fingerprint density at radius 2 is 2.13 bits per heavy atom. The Labute approximate surface area is 88.5 Å². The van der Waals surface area contributed by atoms with Crippen LogP contribution in [0.3, 0.4) is 0 Å². The van der Waals surface area contributed by atoms with Gasteiger partial charge in [-0.05, 0) is 19.1 Å². The molecule has 1 N–H and O–H groups in total. The van der Waals surface area contributed by atoms with Crippen molar-refractivity contribution in [2.45, 2.75) is 13.3 Å². The summed E-state index contributed by atoms with van der Waals surface area (Å²) in [5, 5.41) is 10.2. The predicted molar refractivity (Wildman–Crippen MR) is 55.0 cm³/mol. The van der Waals surface area contributed by atoms with Gasteiger partial charge < -0.3 is 4.74 Å². The topological polar surface area (TPSA) is 62.1 Å². The molecule has 1 aromatic rings. The van der Waals surface area contributed by atoms with Gasteiger partial charge in [0.1, 0.15) is 5.75 Å². The van der Waals surface area contributed by atoms with Crippen LogP contribution in [0, 0.1) is 18.4 Å². The zero-order valence-corrected chi connectivity index (χ0v) is 8.49. The first kappa shape index (κ1) is 11.1. The third kappa shape index (κ3) is 4.14. The van der Waals surface area contributed by atoms with Gasteiger partial charge in [-0.25, -0.2) is 0 Å². The molecule has 0 saturated carbocycles. The highest BCUT2D eigenvalue weighted by molar-refractivity contribution is 5.77. The normalized spacial score (nSPS) is 9.07.